The average Bonchev–Trinajstić information content (AvgIpc) is 3.52. The first kappa shape index (κ1) is 23.3. The van der Waals surface area contributed by atoms with Gasteiger partial charge in [0.1, 0.15) is 11.3 Å². The average molecular weight is 504 g/mol. The third-order valence-corrected chi connectivity index (χ3v) is 7.71. The van der Waals surface area contributed by atoms with Gasteiger partial charge in [-0.1, -0.05) is 85.8 Å². The van der Waals surface area contributed by atoms with Crippen LogP contribution < -0.4 is 0 Å². The highest BCUT2D eigenvalue weighted by Crippen LogP contribution is 2.35. The second-order valence-electron chi connectivity index (χ2n) is 10.0. The number of furan rings is 1. The van der Waals surface area contributed by atoms with E-state index in [0.717, 1.165) is 17.8 Å². The predicted molar refractivity (Wildman–Crippen MR) is 166 cm³/mol. The van der Waals surface area contributed by atoms with Crippen molar-refractivity contribution in [3.63, 3.8) is 0 Å². The van der Waals surface area contributed by atoms with Crippen LogP contribution >= 0.6 is 0 Å². The molecule has 2 aromatic heterocycles. The van der Waals surface area contributed by atoms with Crippen LogP contribution in [0.15, 0.2) is 126 Å². The third kappa shape index (κ3) is 3.88. The van der Waals surface area contributed by atoms with Gasteiger partial charge in [-0.3, -0.25) is 0 Å². The SMILES string of the molecule is C/C=C\c1oc2ccc(-c3cccc(-c4cccc(-n5c6ccccc6c6ccccc65)c4)c3)cc2c1CC. The molecule has 0 aliphatic rings. The maximum atomic E-state index is 6.13. The van der Waals surface area contributed by atoms with Crippen LogP contribution in [0.3, 0.4) is 0 Å². The van der Waals surface area contributed by atoms with Gasteiger partial charge in [0.2, 0.25) is 0 Å². The fraction of sp³-hybridized carbons (Fsp3) is 0.0811. The number of allylic oxidation sites excluding steroid dienone is 1. The van der Waals surface area contributed by atoms with Gasteiger partial charge in [0, 0.05) is 27.4 Å². The Hall–Kier alpha value is -4.82. The Morgan fingerprint density at radius 1 is 0.615 bits per heavy atom. The lowest BCUT2D eigenvalue weighted by molar-refractivity contribution is 0.599. The molecule has 7 aromatic rings. The van der Waals surface area contributed by atoms with Gasteiger partial charge in [-0.15, -0.1) is 0 Å². The molecule has 7 rings (SSSR count). The monoisotopic (exact) mass is 503 g/mol. The van der Waals surface area contributed by atoms with E-state index in [9.17, 15) is 0 Å². The fourth-order valence-electron chi connectivity index (χ4n) is 5.90. The van der Waals surface area contributed by atoms with Gasteiger partial charge in [0.15, 0.2) is 0 Å². The summed E-state index contributed by atoms with van der Waals surface area (Å²) in [6.45, 7) is 4.22. The van der Waals surface area contributed by atoms with Crippen molar-refractivity contribution in [3.8, 4) is 27.9 Å². The Balaban J connectivity index is 1.33. The molecule has 0 amide bonds. The van der Waals surface area contributed by atoms with E-state index in [2.05, 4.69) is 133 Å². The maximum absolute atomic E-state index is 6.13. The summed E-state index contributed by atoms with van der Waals surface area (Å²) in [7, 11) is 0. The fourth-order valence-corrected chi connectivity index (χ4v) is 5.90. The standard InChI is InChI=1S/C37H29NO/c1-3-11-36-30(4-2)33-24-28(20-21-37(33)39-36)26-13-9-12-25(22-26)27-14-10-15-29(23-27)38-34-18-7-5-16-31(34)32-17-6-8-19-35(32)38/h3,5-24H,4H2,1-2H3/b11-3-. The number of aryl methyl sites for hydroxylation is 1. The van der Waals surface area contributed by atoms with E-state index in [1.54, 1.807) is 0 Å². The largest absolute Gasteiger partial charge is 0.456 e. The quantitative estimate of drug-likeness (QED) is 0.228. The smallest absolute Gasteiger partial charge is 0.135 e. The molecule has 39 heavy (non-hydrogen) atoms. The van der Waals surface area contributed by atoms with Crippen molar-refractivity contribution in [2.24, 2.45) is 0 Å². The van der Waals surface area contributed by atoms with Crippen LogP contribution in [0.25, 0.3) is 66.8 Å². The van der Waals surface area contributed by atoms with Gasteiger partial charge in [-0.25, -0.2) is 0 Å². The summed E-state index contributed by atoms with van der Waals surface area (Å²) in [5, 5.41) is 3.75. The number of hydrogen-bond acceptors (Lipinski definition) is 1. The van der Waals surface area contributed by atoms with Crippen molar-refractivity contribution < 1.29 is 4.42 Å². The maximum Gasteiger partial charge on any atom is 0.135 e. The highest BCUT2D eigenvalue weighted by Gasteiger charge is 2.14. The minimum atomic E-state index is 0.936. The van der Waals surface area contributed by atoms with Gasteiger partial charge >= 0.3 is 0 Å². The first-order valence-electron chi connectivity index (χ1n) is 13.6. The molecule has 0 saturated carbocycles. The van der Waals surface area contributed by atoms with Gasteiger partial charge in [-0.2, -0.15) is 0 Å². The lowest BCUT2D eigenvalue weighted by Gasteiger charge is -2.11. The van der Waals surface area contributed by atoms with E-state index in [1.807, 2.05) is 13.0 Å². The Morgan fingerprint density at radius 2 is 1.23 bits per heavy atom. The lowest BCUT2D eigenvalue weighted by atomic mass is 9.97. The molecule has 0 aliphatic heterocycles. The molecule has 0 radical (unpaired) electrons. The molecular weight excluding hydrogens is 474 g/mol. The molecule has 0 spiro atoms. The van der Waals surface area contributed by atoms with Gasteiger partial charge < -0.3 is 8.98 Å². The molecule has 2 heteroatoms. The topological polar surface area (TPSA) is 18.1 Å². The zero-order valence-corrected chi connectivity index (χ0v) is 22.2. The van der Waals surface area contributed by atoms with Gasteiger partial charge in [0.05, 0.1) is 11.0 Å². The highest BCUT2D eigenvalue weighted by molar-refractivity contribution is 6.09. The van der Waals surface area contributed by atoms with E-state index in [0.29, 0.717) is 0 Å². The summed E-state index contributed by atoms with van der Waals surface area (Å²) in [5.41, 5.74) is 10.6. The van der Waals surface area contributed by atoms with Gasteiger partial charge in [0.25, 0.3) is 0 Å². The first-order valence-corrected chi connectivity index (χ1v) is 13.6. The molecular formula is C37H29NO. The van der Waals surface area contributed by atoms with Crippen LogP contribution in [-0.2, 0) is 6.42 Å². The Bertz CT molecular complexity index is 1960. The molecule has 0 fully saturated rings. The third-order valence-electron chi connectivity index (χ3n) is 7.71. The minimum absolute atomic E-state index is 0.936. The summed E-state index contributed by atoms with van der Waals surface area (Å²) in [6, 6.07) is 41.6. The highest BCUT2D eigenvalue weighted by atomic mass is 16.3. The number of hydrogen-bond donors (Lipinski definition) is 0. The van der Waals surface area contributed by atoms with Crippen LogP contribution in [0.5, 0.6) is 0 Å². The van der Waals surface area contributed by atoms with Crippen molar-refractivity contribution in [1.29, 1.82) is 0 Å². The normalized spacial score (nSPS) is 11.8. The minimum Gasteiger partial charge on any atom is -0.456 e. The van der Waals surface area contributed by atoms with Crippen molar-refractivity contribution in [2.75, 3.05) is 0 Å². The summed E-state index contributed by atoms with van der Waals surface area (Å²) in [4.78, 5) is 0. The predicted octanol–water partition coefficient (Wildman–Crippen LogP) is 10.5. The molecule has 0 atom stereocenters. The Kier molecular flexibility index (Phi) is 5.67. The van der Waals surface area contributed by atoms with Crippen LogP contribution in [0, 0.1) is 0 Å². The zero-order chi connectivity index (χ0) is 26.3. The Morgan fingerprint density at radius 3 is 1.90 bits per heavy atom. The summed E-state index contributed by atoms with van der Waals surface area (Å²) >= 11 is 0. The van der Waals surface area contributed by atoms with E-state index < -0.39 is 0 Å². The molecule has 0 bridgehead atoms. The van der Waals surface area contributed by atoms with Gasteiger partial charge in [-0.05, 0) is 84.1 Å². The van der Waals surface area contributed by atoms with Crippen LogP contribution in [0.2, 0.25) is 0 Å². The van der Waals surface area contributed by atoms with Crippen LogP contribution in [-0.4, -0.2) is 4.57 Å². The first-order chi connectivity index (χ1) is 19.2. The number of benzene rings is 5. The molecule has 2 heterocycles. The van der Waals surface area contributed by atoms with Crippen molar-refractivity contribution in [1.82, 2.24) is 4.57 Å². The lowest BCUT2D eigenvalue weighted by Crippen LogP contribution is -1.94. The summed E-state index contributed by atoms with van der Waals surface area (Å²) in [5.74, 6) is 0.961. The summed E-state index contributed by atoms with van der Waals surface area (Å²) in [6.07, 6.45) is 5.03. The van der Waals surface area contributed by atoms with Crippen molar-refractivity contribution in [3.05, 3.63) is 133 Å². The van der Waals surface area contributed by atoms with E-state index in [-0.39, 0.29) is 0 Å². The van der Waals surface area contributed by atoms with Crippen LogP contribution in [0.4, 0.5) is 0 Å². The van der Waals surface area contributed by atoms with E-state index in [4.69, 9.17) is 4.42 Å². The molecule has 188 valence electrons. The van der Waals surface area contributed by atoms with E-state index >= 15 is 0 Å². The molecule has 0 N–H and O–H groups in total. The second-order valence-corrected chi connectivity index (χ2v) is 10.0. The van der Waals surface area contributed by atoms with Crippen molar-refractivity contribution >= 4 is 38.9 Å². The number of fused-ring (bicyclic) bond motifs is 4. The number of para-hydroxylation sites is 2. The zero-order valence-electron chi connectivity index (χ0n) is 22.2. The number of rotatable bonds is 5. The molecule has 2 nitrogen and oxygen atoms in total. The number of aromatic nitrogens is 1. The summed E-state index contributed by atoms with van der Waals surface area (Å²) < 4.78 is 8.51. The molecule has 0 saturated heterocycles. The van der Waals surface area contributed by atoms with E-state index in [1.165, 1.54) is 60.7 Å². The Labute approximate surface area is 228 Å². The molecule has 0 aliphatic carbocycles. The van der Waals surface area contributed by atoms with Crippen LogP contribution in [0.1, 0.15) is 25.2 Å². The second kappa shape index (κ2) is 9.49. The molecule has 0 unspecified atom stereocenters. The van der Waals surface area contributed by atoms with Crippen molar-refractivity contribution in [2.45, 2.75) is 20.3 Å². The molecule has 5 aromatic carbocycles. The number of nitrogens with zero attached hydrogens (tertiary/aromatic N) is 1.